The van der Waals surface area contributed by atoms with E-state index in [1.807, 2.05) is 0 Å². The molecule has 164 valence electrons. The van der Waals surface area contributed by atoms with Crippen molar-refractivity contribution in [3.63, 3.8) is 0 Å². The zero-order chi connectivity index (χ0) is 22.1. The van der Waals surface area contributed by atoms with Gasteiger partial charge in [0, 0.05) is 26.7 Å². The number of sulfonamides is 1. The second kappa shape index (κ2) is 8.52. The summed E-state index contributed by atoms with van der Waals surface area (Å²) in [4.78, 5) is 23.0. The van der Waals surface area contributed by atoms with E-state index in [0.717, 1.165) is 0 Å². The summed E-state index contributed by atoms with van der Waals surface area (Å²) in [6, 6.07) is 1.37. The summed E-state index contributed by atoms with van der Waals surface area (Å²) in [7, 11) is -2.04. The summed E-state index contributed by atoms with van der Waals surface area (Å²) < 4.78 is 30.2. The highest BCUT2D eigenvalue weighted by molar-refractivity contribution is 7.89. The Morgan fingerprint density at radius 2 is 2.13 bits per heavy atom. The molecule has 1 saturated heterocycles. The number of carbonyl (C=O) groups excluding carboxylic acids is 1. The number of piperidine rings is 1. The molecule has 1 aliphatic rings. The predicted molar refractivity (Wildman–Crippen MR) is 106 cm³/mol. The maximum Gasteiger partial charge on any atom is 0.390 e. The quantitative estimate of drug-likeness (QED) is 0.484. The largest absolute Gasteiger partial charge is 0.390 e. The average molecular weight is 439 g/mol. The van der Waals surface area contributed by atoms with E-state index in [1.165, 1.54) is 25.9 Å². The minimum atomic E-state index is -3.72. The molecule has 0 saturated carbocycles. The normalized spacial score (nSPS) is 17.8. The number of hydrogen-bond acceptors (Lipinski definition) is 7. The zero-order valence-corrected chi connectivity index (χ0v) is 17.9. The van der Waals surface area contributed by atoms with Crippen molar-refractivity contribution in [2.75, 3.05) is 19.6 Å². The van der Waals surface area contributed by atoms with Crippen LogP contribution >= 0.6 is 0 Å². The molecule has 1 atom stereocenters. The minimum absolute atomic E-state index is 0.106. The summed E-state index contributed by atoms with van der Waals surface area (Å²) >= 11 is 0. The van der Waals surface area contributed by atoms with Crippen LogP contribution in [0.15, 0.2) is 17.2 Å². The molecular formula is C17H25N7O5S. The zero-order valence-electron chi connectivity index (χ0n) is 17.1. The van der Waals surface area contributed by atoms with E-state index in [-0.39, 0.29) is 36.3 Å². The number of nitrogens with one attached hydrogen (secondary N) is 1. The third-order valence-corrected chi connectivity index (χ3v) is 7.31. The first-order chi connectivity index (χ1) is 14.1. The van der Waals surface area contributed by atoms with Gasteiger partial charge in [0.2, 0.25) is 15.9 Å². The molecule has 13 heteroatoms. The first-order valence-electron chi connectivity index (χ1n) is 9.56. The Labute approximate surface area is 174 Å². The molecule has 1 fully saturated rings. The highest BCUT2D eigenvalue weighted by atomic mass is 32.2. The third kappa shape index (κ3) is 4.36. The van der Waals surface area contributed by atoms with Crippen LogP contribution in [0.1, 0.15) is 24.2 Å². The Balaban J connectivity index is 1.59. The molecule has 0 unspecified atom stereocenters. The van der Waals surface area contributed by atoms with Crippen molar-refractivity contribution in [3.8, 4) is 0 Å². The van der Waals surface area contributed by atoms with Crippen LogP contribution in [-0.2, 0) is 28.4 Å². The molecule has 0 aromatic carbocycles. The van der Waals surface area contributed by atoms with Crippen molar-refractivity contribution in [3.05, 3.63) is 33.8 Å². The van der Waals surface area contributed by atoms with Gasteiger partial charge in [-0.25, -0.2) is 8.42 Å². The molecule has 1 aliphatic heterocycles. The van der Waals surface area contributed by atoms with Gasteiger partial charge in [0.05, 0.1) is 41.2 Å². The summed E-state index contributed by atoms with van der Waals surface area (Å²) in [6.45, 7) is 4.38. The predicted octanol–water partition coefficient (Wildman–Crippen LogP) is 0.359. The van der Waals surface area contributed by atoms with Crippen LogP contribution in [0.5, 0.6) is 0 Å². The highest BCUT2D eigenvalue weighted by Gasteiger charge is 2.34. The van der Waals surface area contributed by atoms with Crippen molar-refractivity contribution >= 4 is 21.7 Å². The maximum absolute atomic E-state index is 13.0. The maximum atomic E-state index is 13.0. The average Bonchev–Trinajstić information content (AvgIpc) is 3.25. The minimum Gasteiger partial charge on any atom is -0.358 e. The van der Waals surface area contributed by atoms with Crippen molar-refractivity contribution in [1.82, 2.24) is 29.2 Å². The Morgan fingerprint density at radius 1 is 1.40 bits per heavy atom. The lowest BCUT2D eigenvalue weighted by molar-refractivity contribution is -0.389. The number of nitro groups is 1. The summed E-state index contributed by atoms with van der Waals surface area (Å²) in [5.74, 6) is -0.937. The standard InChI is InChI=1S/C17H25N7O5S/c1-12-9-16(24(26)27)20-23(12)8-6-18-17(25)14-5-4-7-22(11-14)30(28,29)15-10-19-21(3)13(15)2/h9-10,14H,4-8,11H2,1-3H3,(H,18,25)/t14-/m1/s1. The smallest absolute Gasteiger partial charge is 0.358 e. The number of carbonyl (C=O) groups is 1. The van der Waals surface area contributed by atoms with Crippen LogP contribution in [0.25, 0.3) is 0 Å². The first-order valence-corrected chi connectivity index (χ1v) is 11.0. The van der Waals surface area contributed by atoms with Gasteiger partial charge in [-0.1, -0.05) is 0 Å². The van der Waals surface area contributed by atoms with Crippen LogP contribution in [-0.4, -0.2) is 62.7 Å². The fraction of sp³-hybridized carbons (Fsp3) is 0.588. The van der Waals surface area contributed by atoms with Gasteiger partial charge in [-0.15, -0.1) is 0 Å². The Morgan fingerprint density at radius 3 is 2.73 bits per heavy atom. The lowest BCUT2D eigenvalue weighted by Gasteiger charge is -2.31. The van der Waals surface area contributed by atoms with E-state index >= 15 is 0 Å². The van der Waals surface area contributed by atoms with E-state index in [2.05, 4.69) is 15.5 Å². The monoisotopic (exact) mass is 439 g/mol. The van der Waals surface area contributed by atoms with Crippen molar-refractivity contribution in [2.24, 2.45) is 13.0 Å². The van der Waals surface area contributed by atoms with Crippen LogP contribution < -0.4 is 5.32 Å². The molecule has 0 radical (unpaired) electrons. The lowest BCUT2D eigenvalue weighted by atomic mass is 9.99. The van der Waals surface area contributed by atoms with Gasteiger partial charge in [0.15, 0.2) is 0 Å². The van der Waals surface area contributed by atoms with Gasteiger partial charge >= 0.3 is 5.82 Å². The Kier molecular flexibility index (Phi) is 6.22. The first kappa shape index (κ1) is 21.9. The van der Waals surface area contributed by atoms with E-state index in [4.69, 9.17) is 0 Å². The van der Waals surface area contributed by atoms with Crippen LogP contribution in [0.3, 0.4) is 0 Å². The lowest BCUT2D eigenvalue weighted by Crippen LogP contribution is -2.45. The summed E-state index contributed by atoms with van der Waals surface area (Å²) in [5.41, 5.74) is 1.17. The SMILES string of the molecule is Cc1c(S(=O)(=O)N2CCC[C@@H](C(=O)NCCn3nc([N+](=O)[O-])cc3C)C2)cnn1C. The number of hydrogen-bond donors (Lipinski definition) is 1. The molecular weight excluding hydrogens is 414 g/mol. The summed E-state index contributed by atoms with van der Waals surface area (Å²) in [5, 5.41) is 21.5. The van der Waals surface area contributed by atoms with E-state index in [9.17, 15) is 23.3 Å². The van der Waals surface area contributed by atoms with Gasteiger partial charge in [-0.2, -0.15) is 14.1 Å². The molecule has 30 heavy (non-hydrogen) atoms. The highest BCUT2D eigenvalue weighted by Crippen LogP contribution is 2.25. The number of nitrogens with zero attached hydrogens (tertiary/aromatic N) is 6. The van der Waals surface area contributed by atoms with Gasteiger partial charge in [0.25, 0.3) is 0 Å². The number of aryl methyl sites for hydroxylation is 2. The fourth-order valence-electron chi connectivity index (χ4n) is 3.48. The molecule has 2 aromatic rings. The molecule has 3 heterocycles. The van der Waals surface area contributed by atoms with E-state index in [0.29, 0.717) is 30.8 Å². The van der Waals surface area contributed by atoms with Crippen molar-refractivity contribution in [1.29, 1.82) is 0 Å². The van der Waals surface area contributed by atoms with E-state index < -0.39 is 20.9 Å². The third-order valence-electron chi connectivity index (χ3n) is 5.34. The number of amides is 1. The van der Waals surface area contributed by atoms with Crippen LogP contribution in [0.4, 0.5) is 5.82 Å². The molecule has 2 aromatic heterocycles. The number of rotatable bonds is 7. The van der Waals surface area contributed by atoms with Crippen molar-refractivity contribution < 1.29 is 18.1 Å². The topological polar surface area (TPSA) is 145 Å². The van der Waals surface area contributed by atoms with E-state index in [1.54, 1.807) is 20.9 Å². The van der Waals surface area contributed by atoms with Gasteiger partial charge in [-0.3, -0.25) is 9.48 Å². The van der Waals surface area contributed by atoms with Crippen LogP contribution in [0, 0.1) is 29.9 Å². The molecule has 1 amide bonds. The Bertz CT molecular complexity index is 1060. The molecule has 0 bridgehead atoms. The second-order valence-electron chi connectivity index (χ2n) is 7.34. The molecule has 0 aliphatic carbocycles. The van der Waals surface area contributed by atoms with Gasteiger partial charge in [-0.05, 0) is 31.6 Å². The summed E-state index contributed by atoms with van der Waals surface area (Å²) in [6.07, 6.45) is 2.51. The fourth-order valence-corrected chi connectivity index (χ4v) is 5.19. The number of aromatic nitrogens is 4. The molecule has 1 N–H and O–H groups in total. The van der Waals surface area contributed by atoms with Gasteiger partial charge < -0.3 is 15.4 Å². The molecule has 0 spiro atoms. The van der Waals surface area contributed by atoms with Gasteiger partial charge in [0.1, 0.15) is 4.90 Å². The van der Waals surface area contributed by atoms with Crippen molar-refractivity contribution in [2.45, 2.75) is 38.1 Å². The van der Waals surface area contributed by atoms with Crippen LogP contribution in [0.2, 0.25) is 0 Å². The molecule has 3 rings (SSSR count). The second-order valence-corrected chi connectivity index (χ2v) is 9.24. The Hall–Kier alpha value is -2.80. The molecule has 12 nitrogen and oxygen atoms in total.